The van der Waals surface area contributed by atoms with Crippen LogP contribution in [0.25, 0.3) is 0 Å². The third kappa shape index (κ3) is 4.76. The van der Waals surface area contributed by atoms with Gasteiger partial charge in [-0.05, 0) is 77.0 Å². The lowest BCUT2D eigenvalue weighted by molar-refractivity contribution is 0.217. The molecule has 0 aromatic heterocycles. The van der Waals surface area contributed by atoms with Gasteiger partial charge in [0.05, 0.1) is 13.2 Å². The molecule has 0 amide bonds. The largest absolute Gasteiger partial charge is 0.493 e. The second-order valence-electron chi connectivity index (χ2n) is 6.74. The van der Waals surface area contributed by atoms with E-state index in [-0.39, 0.29) is 6.04 Å². The summed E-state index contributed by atoms with van der Waals surface area (Å²) in [7, 11) is 1.72. The number of methoxy groups -OCH3 is 1. The summed E-state index contributed by atoms with van der Waals surface area (Å²) in [5.41, 5.74) is 3.95. The van der Waals surface area contributed by atoms with E-state index in [2.05, 4.69) is 83.1 Å². The van der Waals surface area contributed by atoms with Gasteiger partial charge in [0.15, 0.2) is 11.5 Å². The molecule has 3 rings (SSSR count). The Hall–Kier alpha value is -1.31. The topological polar surface area (TPSA) is 33.7 Å². The summed E-state index contributed by atoms with van der Waals surface area (Å²) in [6.07, 6.45) is 1.01. The van der Waals surface area contributed by atoms with E-state index in [0.717, 1.165) is 44.1 Å². The van der Waals surface area contributed by atoms with Gasteiger partial charge < -0.3 is 19.7 Å². The predicted molar refractivity (Wildman–Crippen MR) is 119 cm³/mol. The van der Waals surface area contributed by atoms with E-state index in [4.69, 9.17) is 9.47 Å². The van der Waals surface area contributed by atoms with E-state index < -0.39 is 0 Å². The minimum absolute atomic E-state index is 0.192. The fourth-order valence-electron chi connectivity index (χ4n) is 3.65. The minimum atomic E-state index is 0.192. The van der Waals surface area contributed by atoms with Gasteiger partial charge in [-0.25, -0.2) is 0 Å². The minimum Gasteiger partial charge on any atom is -0.493 e. The molecule has 5 heteroatoms. The third-order valence-electron chi connectivity index (χ3n) is 5.26. The van der Waals surface area contributed by atoms with Gasteiger partial charge in [-0.1, -0.05) is 32.0 Å². The number of hydrogen-bond donors (Lipinski definition) is 1. The van der Waals surface area contributed by atoms with Crippen LogP contribution in [-0.2, 0) is 6.42 Å². The zero-order valence-corrected chi connectivity index (χ0v) is 18.6. The maximum Gasteiger partial charge on any atom is 0.161 e. The highest BCUT2D eigenvalue weighted by Gasteiger charge is 2.25. The first kappa shape index (κ1) is 20.4. The molecule has 1 heterocycles. The summed E-state index contributed by atoms with van der Waals surface area (Å²) in [5, 5.41) is 3.68. The molecular weight excluding hydrogens is 451 g/mol. The van der Waals surface area contributed by atoms with Gasteiger partial charge >= 0.3 is 0 Å². The number of fused-ring (bicyclic) bond motifs is 1. The molecule has 0 radical (unpaired) electrons. The number of ether oxygens (including phenoxy) is 2. The molecule has 0 fully saturated rings. The fraction of sp³-hybridized carbons (Fsp3) is 0.455. The summed E-state index contributed by atoms with van der Waals surface area (Å²) < 4.78 is 13.1. The Morgan fingerprint density at radius 2 is 1.89 bits per heavy atom. The maximum absolute atomic E-state index is 6.15. The fourth-order valence-corrected chi connectivity index (χ4v) is 4.35. The van der Waals surface area contributed by atoms with Crippen LogP contribution in [0.1, 0.15) is 36.6 Å². The lowest BCUT2D eigenvalue weighted by Crippen LogP contribution is -2.31. The van der Waals surface area contributed by atoms with E-state index in [1.807, 2.05) is 0 Å². The lowest BCUT2D eigenvalue weighted by atomic mass is 9.89. The van der Waals surface area contributed by atoms with E-state index in [0.29, 0.717) is 6.61 Å². The van der Waals surface area contributed by atoms with Gasteiger partial charge in [-0.3, -0.25) is 0 Å². The molecule has 1 aliphatic rings. The van der Waals surface area contributed by atoms with Gasteiger partial charge in [-0.15, -0.1) is 0 Å². The van der Waals surface area contributed by atoms with Crippen molar-refractivity contribution in [2.45, 2.75) is 26.3 Å². The summed E-state index contributed by atoms with van der Waals surface area (Å²) in [6.45, 7) is 9.00. The van der Waals surface area contributed by atoms with Crippen LogP contribution >= 0.6 is 22.6 Å². The van der Waals surface area contributed by atoms with Gasteiger partial charge in [0, 0.05) is 16.7 Å². The molecule has 146 valence electrons. The Balaban J connectivity index is 1.88. The molecule has 0 aliphatic carbocycles. The Morgan fingerprint density at radius 3 is 2.59 bits per heavy atom. The van der Waals surface area contributed by atoms with Crippen LogP contribution in [0.2, 0.25) is 0 Å². The lowest BCUT2D eigenvalue weighted by Gasteiger charge is -2.29. The maximum atomic E-state index is 6.15. The highest BCUT2D eigenvalue weighted by atomic mass is 127. The molecule has 1 unspecified atom stereocenters. The molecule has 1 atom stereocenters. The van der Waals surface area contributed by atoms with Crippen molar-refractivity contribution in [3.63, 3.8) is 0 Å². The second-order valence-corrected chi connectivity index (χ2v) is 7.90. The first-order valence-electron chi connectivity index (χ1n) is 9.71. The van der Waals surface area contributed by atoms with Crippen molar-refractivity contribution in [2.75, 3.05) is 39.9 Å². The predicted octanol–water partition coefficient (Wildman–Crippen LogP) is 4.26. The molecule has 0 spiro atoms. The first-order chi connectivity index (χ1) is 13.2. The number of rotatable bonds is 8. The van der Waals surface area contributed by atoms with Crippen molar-refractivity contribution >= 4 is 22.6 Å². The molecule has 4 nitrogen and oxygen atoms in total. The normalized spacial score (nSPS) is 16.3. The highest BCUT2D eigenvalue weighted by molar-refractivity contribution is 14.1. The molecule has 2 aromatic carbocycles. The number of nitrogens with one attached hydrogen (secondary N) is 1. The number of likely N-dealkylation sites (N-methyl/N-ethyl adjacent to an activating group) is 1. The van der Waals surface area contributed by atoms with Crippen LogP contribution in [0.5, 0.6) is 11.5 Å². The van der Waals surface area contributed by atoms with Crippen LogP contribution < -0.4 is 14.8 Å². The number of hydrogen-bond acceptors (Lipinski definition) is 4. The van der Waals surface area contributed by atoms with Crippen molar-refractivity contribution in [1.82, 2.24) is 10.2 Å². The van der Waals surface area contributed by atoms with Crippen molar-refractivity contribution in [1.29, 1.82) is 0 Å². The zero-order chi connectivity index (χ0) is 19.2. The monoisotopic (exact) mass is 480 g/mol. The average Bonchev–Trinajstić information content (AvgIpc) is 2.70. The Labute approximate surface area is 176 Å². The van der Waals surface area contributed by atoms with E-state index in [1.54, 1.807) is 7.11 Å². The van der Waals surface area contributed by atoms with Crippen LogP contribution in [0.3, 0.4) is 0 Å². The van der Waals surface area contributed by atoms with Gasteiger partial charge in [0.2, 0.25) is 0 Å². The quantitative estimate of drug-likeness (QED) is 0.573. The number of benzene rings is 2. The molecule has 0 saturated heterocycles. The molecule has 2 aromatic rings. The van der Waals surface area contributed by atoms with Gasteiger partial charge in [-0.2, -0.15) is 0 Å². The zero-order valence-electron chi connectivity index (χ0n) is 16.4. The van der Waals surface area contributed by atoms with Crippen LogP contribution in [0.15, 0.2) is 36.4 Å². The summed E-state index contributed by atoms with van der Waals surface area (Å²) in [6, 6.07) is 13.1. The molecule has 0 saturated carbocycles. The molecule has 1 aliphatic heterocycles. The third-order valence-corrected chi connectivity index (χ3v) is 6.24. The SMILES string of the molecule is CCN(CC)CCOc1cc2c(cc1OC)CCNC2c1ccccc1I. The molecule has 1 N–H and O–H groups in total. The second kappa shape index (κ2) is 9.75. The van der Waals surface area contributed by atoms with E-state index in [9.17, 15) is 0 Å². The Bertz CT molecular complexity index is 762. The Morgan fingerprint density at radius 1 is 1.11 bits per heavy atom. The van der Waals surface area contributed by atoms with Gasteiger partial charge in [0.1, 0.15) is 6.61 Å². The summed E-state index contributed by atoms with van der Waals surface area (Å²) in [4.78, 5) is 2.36. The summed E-state index contributed by atoms with van der Waals surface area (Å²) in [5.74, 6) is 1.67. The van der Waals surface area contributed by atoms with Crippen molar-refractivity contribution < 1.29 is 9.47 Å². The summed E-state index contributed by atoms with van der Waals surface area (Å²) >= 11 is 2.42. The van der Waals surface area contributed by atoms with Crippen LogP contribution in [-0.4, -0.2) is 44.8 Å². The van der Waals surface area contributed by atoms with Crippen molar-refractivity contribution in [3.8, 4) is 11.5 Å². The van der Waals surface area contributed by atoms with E-state index in [1.165, 1.54) is 20.3 Å². The van der Waals surface area contributed by atoms with E-state index >= 15 is 0 Å². The smallest absolute Gasteiger partial charge is 0.161 e. The van der Waals surface area contributed by atoms with Crippen LogP contribution in [0.4, 0.5) is 0 Å². The average molecular weight is 480 g/mol. The number of halogens is 1. The standard InChI is InChI=1S/C22H29IN2O2/c1-4-25(5-2)12-13-27-21-15-18-16(14-20(21)26-3)10-11-24-22(18)17-8-6-7-9-19(17)23/h6-9,14-15,22,24H,4-5,10-13H2,1-3H3. The molecule has 0 bridgehead atoms. The highest BCUT2D eigenvalue weighted by Crippen LogP contribution is 2.38. The number of nitrogens with zero attached hydrogens (tertiary/aromatic N) is 1. The van der Waals surface area contributed by atoms with Crippen molar-refractivity contribution in [2.24, 2.45) is 0 Å². The van der Waals surface area contributed by atoms with Crippen LogP contribution in [0, 0.1) is 3.57 Å². The van der Waals surface area contributed by atoms with Gasteiger partial charge in [0.25, 0.3) is 0 Å². The molecular formula is C22H29IN2O2. The van der Waals surface area contributed by atoms with Crippen molar-refractivity contribution in [3.05, 3.63) is 56.7 Å². The Kier molecular flexibility index (Phi) is 7.38. The molecule has 27 heavy (non-hydrogen) atoms. The first-order valence-corrected chi connectivity index (χ1v) is 10.8.